The first kappa shape index (κ1) is 11.8. The van der Waals surface area contributed by atoms with Gasteiger partial charge in [-0.3, -0.25) is 4.79 Å². The Balaban J connectivity index is 1.85. The minimum Gasteiger partial charge on any atom is -0.347 e. The number of benzene rings is 1. The molecule has 1 aliphatic heterocycles. The van der Waals surface area contributed by atoms with Crippen molar-refractivity contribution in [3.63, 3.8) is 0 Å². The van der Waals surface area contributed by atoms with Crippen LogP contribution in [0.3, 0.4) is 0 Å². The molecule has 0 bridgehead atoms. The second-order valence-corrected chi connectivity index (χ2v) is 4.88. The Hall–Kier alpha value is -1.26. The second kappa shape index (κ2) is 4.44. The maximum atomic E-state index is 12.9. The SMILES string of the molecule is O=C1CCC2(CC1c1ccc(F)cc1)OCCO2. The number of hydrogen-bond donors (Lipinski definition) is 0. The van der Waals surface area contributed by atoms with Crippen LogP contribution in [0.15, 0.2) is 24.3 Å². The summed E-state index contributed by atoms with van der Waals surface area (Å²) in [7, 11) is 0. The predicted octanol–water partition coefficient (Wildman–Crippen LogP) is 2.41. The van der Waals surface area contributed by atoms with Gasteiger partial charge >= 0.3 is 0 Å². The summed E-state index contributed by atoms with van der Waals surface area (Å²) >= 11 is 0. The maximum absolute atomic E-state index is 12.9. The molecular weight excluding hydrogens is 235 g/mol. The predicted molar refractivity (Wildman–Crippen MR) is 62.6 cm³/mol. The van der Waals surface area contributed by atoms with Crippen molar-refractivity contribution in [1.82, 2.24) is 0 Å². The summed E-state index contributed by atoms with van der Waals surface area (Å²) in [5.41, 5.74) is 0.847. The van der Waals surface area contributed by atoms with E-state index in [-0.39, 0.29) is 17.5 Å². The highest BCUT2D eigenvalue weighted by atomic mass is 19.1. The molecule has 1 unspecified atom stereocenters. The van der Waals surface area contributed by atoms with Crippen LogP contribution in [0.2, 0.25) is 0 Å². The van der Waals surface area contributed by atoms with Crippen LogP contribution in [-0.4, -0.2) is 24.8 Å². The van der Waals surface area contributed by atoms with Crippen LogP contribution < -0.4 is 0 Å². The minimum absolute atomic E-state index is 0.186. The minimum atomic E-state index is -0.590. The van der Waals surface area contributed by atoms with E-state index in [0.29, 0.717) is 32.5 Å². The van der Waals surface area contributed by atoms with E-state index < -0.39 is 5.79 Å². The average Bonchev–Trinajstić information content (AvgIpc) is 2.82. The number of carbonyl (C=O) groups excluding carboxylic acids is 1. The highest BCUT2D eigenvalue weighted by Crippen LogP contribution is 2.41. The zero-order valence-corrected chi connectivity index (χ0v) is 10.0. The molecule has 3 rings (SSSR count). The Kier molecular flexibility index (Phi) is 2.92. The fourth-order valence-corrected chi connectivity index (χ4v) is 2.77. The van der Waals surface area contributed by atoms with Crippen LogP contribution in [-0.2, 0) is 14.3 Å². The van der Waals surface area contributed by atoms with Crippen LogP contribution in [0, 0.1) is 5.82 Å². The summed E-state index contributed by atoms with van der Waals surface area (Å²) in [4.78, 5) is 12.0. The highest BCUT2D eigenvalue weighted by Gasteiger charge is 2.45. The van der Waals surface area contributed by atoms with E-state index in [1.165, 1.54) is 12.1 Å². The number of carbonyl (C=O) groups is 1. The highest BCUT2D eigenvalue weighted by molar-refractivity contribution is 5.86. The summed E-state index contributed by atoms with van der Waals surface area (Å²) < 4.78 is 24.2. The lowest BCUT2D eigenvalue weighted by molar-refractivity contribution is -0.183. The van der Waals surface area contributed by atoms with Crippen LogP contribution in [0.4, 0.5) is 4.39 Å². The van der Waals surface area contributed by atoms with Gasteiger partial charge in [-0.2, -0.15) is 0 Å². The first-order valence-electron chi connectivity index (χ1n) is 6.25. The summed E-state index contributed by atoms with van der Waals surface area (Å²) in [6.07, 6.45) is 1.63. The molecule has 0 radical (unpaired) electrons. The lowest BCUT2D eigenvalue weighted by atomic mass is 9.79. The van der Waals surface area contributed by atoms with Gasteiger partial charge in [-0.1, -0.05) is 12.1 Å². The van der Waals surface area contributed by atoms with Crippen LogP contribution in [0.1, 0.15) is 30.7 Å². The Morgan fingerprint density at radius 2 is 1.83 bits per heavy atom. The first-order chi connectivity index (χ1) is 8.69. The molecule has 1 aromatic carbocycles. The molecule has 1 aliphatic carbocycles. The fourth-order valence-electron chi connectivity index (χ4n) is 2.77. The van der Waals surface area contributed by atoms with Crippen LogP contribution in [0.5, 0.6) is 0 Å². The molecule has 1 saturated carbocycles. The third kappa shape index (κ3) is 2.06. The largest absolute Gasteiger partial charge is 0.347 e. The van der Waals surface area contributed by atoms with E-state index in [1.807, 2.05) is 0 Å². The van der Waals surface area contributed by atoms with Gasteiger partial charge in [-0.25, -0.2) is 4.39 Å². The second-order valence-electron chi connectivity index (χ2n) is 4.88. The number of rotatable bonds is 1. The number of hydrogen-bond acceptors (Lipinski definition) is 3. The Labute approximate surface area is 105 Å². The monoisotopic (exact) mass is 250 g/mol. The van der Waals surface area contributed by atoms with Crippen LogP contribution >= 0.6 is 0 Å². The zero-order valence-electron chi connectivity index (χ0n) is 10.0. The van der Waals surface area contributed by atoms with Crippen molar-refractivity contribution in [3.8, 4) is 0 Å². The maximum Gasteiger partial charge on any atom is 0.169 e. The zero-order chi connectivity index (χ0) is 12.6. The number of halogens is 1. The standard InChI is InChI=1S/C14H15FO3/c15-11-3-1-10(2-4-11)12-9-14(6-5-13(12)16)17-7-8-18-14/h1-4,12H,5-9H2. The van der Waals surface area contributed by atoms with Gasteiger partial charge in [0.2, 0.25) is 0 Å². The van der Waals surface area contributed by atoms with Gasteiger partial charge in [0.15, 0.2) is 5.79 Å². The van der Waals surface area contributed by atoms with Gasteiger partial charge < -0.3 is 9.47 Å². The summed E-state index contributed by atoms with van der Waals surface area (Å²) in [5, 5.41) is 0. The molecule has 18 heavy (non-hydrogen) atoms. The van der Waals surface area contributed by atoms with Gasteiger partial charge in [-0.05, 0) is 17.7 Å². The Bertz CT molecular complexity index is 449. The molecule has 2 aliphatic rings. The molecule has 1 heterocycles. The lowest BCUT2D eigenvalue weighted by Gasteiger charge is -2.35. The van der Waals surface area contributed by atoms with Crippen molar-refractivity contribution in [1.29, 1.82) is 0 Å². The normalized spacial score (nSPS) is 26.7. The van der Waals surface area contributed by atoms with Crippen molar-refractivity contribution in [2.24, 2.45) is 0 Å². The van der Waals surface area contributed by atoms with E-state index in [4.69, 9.17) is 9.47 Å². The number of ether oxygens (including phenoxy) is 2. The lowest BCUT2D eigenvalue weighted by Crippen LogP contribution is -2.39. The summed E-state index contributed by atoms with van der Waals surface area (Å²) in [5.74, 6) is -0.929. The van der Waals surface area contributed by atoms with E-state index in [2.05, 4.69) is 0 Å². The van der Waals surface area contributed by atoms with E-state index in [9.17, 15) is 9.18 Å². The van der Waals surface area contributed by atoms with Gasteiger partial charge in [0.05, 0.1) is 13.2 Å². The fraction of sp³-hybridized carbons (Fsp3) is 0.500. The summed E-state index contributed by atoms with van der Waals surface area (Å²) in [6.45, 7) is 1.18. The van der Waals surface area contributed by atoms with Crippen LogP contribution in [0.25, 0.3) is 0 Å². The van der Waals surface area contributed by atoms with Crippen molar-refractivity contribution in [3.05, 3.63) is 35.6 Å². The smallest absolute Gasteiger partial charge is 0.169 e. The number of Topliss-reactive ketones (excluding diaryl/α,β-unsaturated/α-hetero) is 1. The molecule has 1 atom stereocenters. The first-order valence-corrected chi connectivity index (χ1v) is 6.25. The molecule has 1 spiro atoms. The Morgan fingerprint density at radius 3 is 2.50 bits per heavy atom. The quantitative estimate of drug-likeness (QED) is 0.767. The number of ketones is 1. The van der Waals surface area contributed by atoms with E-state index in [1.54, 1.807) is 12.1 Å². The average molecular weight is 250 g/mol. The Morgan fingerprint density at radius 1 is 1.17 bits per heavy atom. The molecule has 1 aromatic rings. The molecule has 1 saturated heterocycles. The van der Waals surface area contributed by atoms with E-state index in [0.717, 1.165) is 5.56 Å². The van der Waals surface area contributed by atoms with Crippen molar-refractivity contribution in [2.45, 2.75) is 31.0 Å². The molecule has 0 amide bonds. The third-order valence-corrected chi connectivity index (χ3v) is 3.74. The van der Waals surface area contributed by atoms with Gasteiger partial charge in [-0.15, -0.1) is 0 Å². The molecule has 0 N–H and O–H groups in total. The molecule has 0 aromatic heterocycles. The molecular formula is C14H15FO3. The third-order valence-electron chi connectivity index (χ3n) is 3.74. The van der Waals surface area contributed by atoms with Crippen molar-refractivity contribution < 1.29 is 18.7 Å². The topological polar surface area (TPSA) is 35.5 Å². The molecule has 96 valence electrons. The molecule has 4 heteroatoms. The van der Waals surface area contributed by atoms with Gasteiger partial charge in [0, 0.05) is 25.2 Å². The van der Waals surface area contributed by atoms with Gasteiger partial charge in [0.1, 0.15) is 11.6 Å². The molecule has 2 fully saturated rings. The summed E-state index contributed by atoms with van der Waals surface area (Å²) in [6, 6.07) is 6.12. The van der Waals surface area contributed by atoms with E-state index >= 15 is 0 Å². The van der Waals surface area contributed by atoms with Gasteiger partial charge in [0.25, 0.3) is 0 Å². The van der Waals surface area contributed by atoms with Crippen molar-refractivity contribution in [2.75, 3.05) is 13.2 Å². The van der Waals surface area contributed by atoms with Crippen molar-refractivity contribution >= 4 is 5.78 Å². The molecule has 3 nitrogen and oxygen atoms in total.